The molecule has 0 amide bonds. The van der Waals surface area contributed by atoms with Crippen molar-refractivity contribution in [3.05, 3.63) is 29.8 Å². The van der Waals surface area contributed by atoms with Crippen LogP contribution in [-0.2, 0) is 11.3 Å². The number of likely N-dealkylation sites (tertiary alicyclic amines) is 1. The van der Waals surface area contributed by atoms with Gasteiger partial charge in [0.15, 0.2) is 0 Å². The van der Waals surface area contributed by atoms with Crippen molar-refractivity contribution in [3.8, 4) is 5.75 Å². The smallest absolute Gasteiger partial charge is 0.141 e. The first-order valence-electron chi connectivity index (χ1n) is 6.98. The van der Waals surface area contributed by atoms with Crippen molar-refractivity contribution in [3.63, 3.8) is 0 Å². The van der Waals surface area contributed by atoms with E-state index in [0.29, 0.717) is 18.8 Å². The summed E-state index contributed by atoms with van der Waals surface area (Å²) in [5.41, 5.74) is 1.07. The number of carbonyl (C=O) groups is 1. The predicted molar refractivity (Wildman–Crippen MR) is 76.3 cm³/mol. The van der Waals surface area contributed by atoms with Crippen molar-refractivity contribution < 1.29 is 9.53 Å². The van der Waals surface area contributed by atoms with Gasteiger partial charge in [0.05, 0.1) is 6.61 Å². The number of ketones is 1. The molecule has 0 atom stereocenters. The molecule has 0 N–H and O–H groups in total. The van der Waals surface area contributed by atoms with E-state index >= 15 is 0 Å². The lowest BCUT2D eigenvalue weighted by Crippen LogP contribution is -2.45. The number of carbonyl (C=O) groups excluding carboxylic acids is 1. The van der Waals surface area contributed by atoms with Gasteiger partial charge >= 0.3 is 0 Å². The van der Waals surface area contributed by atoms with Crippen molar-refractivity contribution in [1.82, 2.24) is 4.90 Å². The van der Waals surface area contributed by atoms with E-state index < -0.39 is 0 Å². The SMILES string of the molecule is CCOc1ccc(CN2CCC(=O)C(C)(C)C2)cc1. The Balaban J connectivity index is 1.96. The summed E-state index contributed by atoms with van der Waals surface area (Å²) in [5.74, 6) is 1.30. The molecule has 104 valence electrons. The Hall–Kier alpha value is -1.35. The van der Waals surface area contributed by atoms with E-state index in [-0.39, 0.29) is 5.41 Å². The van der Waals surface area contributed by atoms with Crippen LogP contribution in [0, 0.1) is 5.41 Å². The highest BCUT2D eigenvalue weighted by Gasteiger charge is 2.33. The molecule has 1 heterocycles. The minimum atomic E-state index is -0.205. The first kappa shape index (κ1) is 14.1. The van der Waals surface area contributed by atoms with Gasteiger partial charge in [-0.3, -0.25) is 9.69 Å². The highest BCUT2D eigenvalue weighted by atomic mass is 16.5. The molecule has 19 heavy (non-hydrogen) atoms. The molecule has 1 aromatic rings. The molecule has 0 bridgehead atoms. The topological polar surface area (TPSA) is 29.5 Å². The van der Waals surface area contributed by atoms with E-state index in [1.807, 2.05) is 32.9 Å². The molecule has 0 saturated carbocycles. The van der Waals surface area contributed by atoms with Crippen molar-refractivity contribution in [1.29, 1.82) is 0 Å². The molecule has 1 fully saturated rings. The van der Waals surface area contributed by atoms with E-state index in [4.69, 9.17) is 4.74 Å². The van der Waals surface area contributed by atoms with Crippen LogP contribution in [0.15, 0.2) is 24.3 Å². The predicted octanol–water partition coefficient (Wildman–Crippen LogP) is 2.89. The number of nitrogens with zero attached hydrogens (tertiary/aromatic N) is 1. The summed E-state index contributed by atoms with van der Waals surface area (Å²) in [4.78, 5) is 14.1. The Bertz CT molecular complexity index is 437. The highest BCUT2D eigenvalue weighted by Crippen LogP contribution is 2.26. The van der Waals surface area contributed by atoms with Crippen LogP contribution in [0.2, 0.25) is 0 Å². The summed E-state index contributed by atoms with van der Waals surface area (Å²) in [7, 11) is 0. The van der Waals surface area contributed by atoms with Crippen LogP contribution >= 0.6 is 0 Å². The maximum Gasteiger partial charge on any atom is 0.141 e. The minimum Gasteiger partial charge on any atom is -0.494 e. The Morgan fingerprint density at radius 3 is 2.53 bits per heavy atom. The first-order chi connectivity index (χ1) is 9.01. The second-order valence-corrected chi connectivity index (χ2v) is 5.84. The van der Waals surface area contributed by atoms with Crippen molar-refractivity contribution in [2.45, 2.75) is 33.7 Å². The number of Topliss-reactive ketones (excluding diaryl/α,β-unsaturated/α-hetero) is 1. The van der Waals surface area contributed by atoms with Gasteiger partial charge in [0.25, 0.3) is 0 Å². The minimum absolute atomic E-state index is 0.205. The molecule has 2 rings (SSSR count). The lowest BCUT2D eigenvalue weighted by molar-refractivity contribution is -0.131. The molecule has 1 saturated heterocycles. The average Bonchev–Trinajstić information content (AvgIpc) is 2.36. The lowest BCUT2D eigenvalue weighted by Gasteiger charge is -2.36. The zero-order valence-electron chi connectivity index (χ0n) is 12.1. The van der Waals surface area contributed by atoms with Gasteiger partial charge in [-0.15, -0.1) is 0 Å². The fourth-order valence-corrected chi connectivity index (χ4v) is 2.58. The molecular weight excluding hydrogens is 238 g/mol. The molecular formula is C16H23NO2. The first-order valence-corrected chi connectivity index (χ1v) is 6.98. The van der Waals surface area contributed by atoms with Crippen LogP contribution < -0.4 is 4.74 Å². The molecule has 0 aromatic heterocycles. The molecule has 3 heteroatoms. The maximum absolute atomic E-state index is 11.8. The maximum atomic E-state index is 11.8. The standard InChI is InChI=1S/C16H23NO2/c1-4-19-14-7-5-13(6-8-14)11-17-10-9-15(18)16(2,3)12-17/h5-8H,4,9-12H2,1-3H3. The highest BCUT2D eigenvalue weighted by molar-refractivity contribution is 5.85. The van der Waals surface area contributed by atoms with Crippen LogP contribution in [0.25, 0.3) is 0 Å². The fraction of sp³-hybridized carbons (Fsp3) is 0.562. The van der Waals surface area contributed by atoms with Gasteiger partial charge in [0.1, 0.15) is 11.5 Å². The van der Waals surface area contributed by atoms with Gasteiger partial charge in [-0.25, -0.2) is 0 Å². The van der Waals surface area contributed by atoms with E-state index in [1.54, 1.807) is 0 Å². The number of hydrogen-bond donors (Lipinski definition) is 0. The molecule has 1 aliphatic rings. The normalized spacial score (nSPS) is 19.4. The summed E-state index contributed by atoms with van der Waals surface area (Å²) in [5, 5.41) is 0. The van der Waals surface area contributed by atoms with E-state index in [1.165, 1.54) is 5.56 Å². The third kappa shape index (κ3) is 3.57. The molecule has 3 nitrogen and oxygen atoms in total. The molecule has 0 spiro atoms. The Morgan fingerprint density at radius 1 is 1.26 bits per heavy atom. The van der Waals surface area contributed by atoms with Gasteiger partial charge in [0.2, 0.25) is 0 Å². The van der Waals surface area contributed by atoms with Crippen LogP contribution in [-0.4, -0.2) is 30.4 Å². The number of ether oxygens (including phenoxy) is 1. The number of rotatable bonds is 4. The van der Waals surface area contributed by atoms with Gasteiger partial charge < -0.3 is 4.74 Å². The average molecular weight is 261 g/mol. The monoisotopic (exact) mass is 261 g/mol. The number of hydrogen-bond acceptors (Lipinski definition) is 3. The van der Waals surface area contributed by atoms with Gasteiger partial charge in [-0.1, -0.05) is 26.0 Å². The van der Waals surface area contributed by atoms with Gasteiger partial charge in [-0.2, -0.15) is 0 Å². The van der Waals surface area contributed by atoms with E-state index in [2.05, 4.69) is 17.0 Å². The van der Waals surface area contributed by atoms with Crippen LogP contribution in [0.4, 0.5) is 0 Å². The second-order valence-electron chi connectivity index (χ2n) is 5.84. The van der Waals surface area contributed by atoms with Crippen LogP contribution in [0.1, 0.15) is 32.8 Å². The van der Waals surface area contributed by atoms with Gasteiger partial charge in [-0.05, 0) is 24.6 Å². The van der Waals surface area contributed by atoms with Crippen LogP contribution in [0.5, 0.6) is 5.75 Å². The summed E-state index contributed by atoms with van der Waals surface area (Å²) >= 11 is 0. The third-order valence-electron chi connectivity index (χ3n) is 3.67. The Kier molecular flexibility index (Phi) is 4.25. The van der Waals surface area contributed by atoms with Crippen molar-refractivity contribution in [2.75, 3.05) is 19.7 Å². The van der Waals surface area contributed by atoms with Gasteiger partial charge in [0, 0.05) is 31.5 Å². The summed E-state index contributed by atoms with van der Waals surface area (Å²) in [6.45, 7) is 9.39. The van der Waals surface area contributed by atoms with Crippen LogP contribution in [0.3, 0.4) is 0 Å². The quantitative estimate of drug-likeness (QED) is 0.834. The molecule has 0 aliphatic carbocycles. The van der Waals surface area contributed by atoms with E-state index in [0.717, 1.165) is 25.4 Å². The third-order valence-corrected chi connectivity index (χ3v) is 3.67. The molecule has 1 aromatic carbocycles. The zero-order chi connectivity index (χ0) is 13.9. The fourth-order valence-electron chi connectivity index (χ4n) is 2.58. The molecule has 1 aliphatic heterocycles. The second kappa shape index (κ2) is 5.74. The van der Waals surface area contributed by atoms with Crippen molar-refractivity contribution >= 4 is 5.78 Å². The summed E-state index contributed by atoms with van der Waals surface area (Å²) in [6.07, 6.45) is 0.671. The summed E-state index contributed by atoms with van der Waals surface area (Å²) in [6, 6.07) is 8.24. The number of piperidine rings is 1. The van der Waals surface area contributed by atoms with E-state index in [9.17, 15) is 4.79 Å². The largest absolute Gasteiger partial charge is 0.494 e. The summed E-state index contributed by atoms with van der Waals surface area (Å²) < 4.78 is 5.44. The lowest BCUT2D eigenvalue weighted by atomic mass is 9.82. The zero-order valence-corrected chi connectivity index (χ0v) is 12.1. The Morgan fingerprint density at radius 2 is 1.95 bits per heavy atom. The molecule has 0 unspecified atom stereocenters. The Labute approximate surface area is 115 Å². The number of benzene rings is 1. The molecule has 0 radical (unpaired) electrons. The van der Waals surface area contributed by atoms with Crippen molar-refractivity contribution in [2.24, 2.45) is 5.41 Å².